The average Bonchev–Trinajstić information content (AvgIpc) is 2.16. The minimum Gasteiger partial charge on any atom is -0.207 e. The Morgan fingerprint density at radius 2 is 1.86 bits per heavy atom. The summed E-state index contributed by atoms with van der Waals surface area (Å²) in [5.41, 5.74) is 1.09. The van der Waals surface area contributed by atoms with E-state index < -0.39 is 11.6 Å². The maximum atomic E-state index is 13.2. The van der Waals surface area contributed by atoms with Gasteiger partial charge in [0.1, 0.15) is 11.6 Å². The smallest absolute Gasteiger partial charge is 0.133 e. The van der Waals surface area contributed by atoms with Gasteiger partial charge in [-0.05, 0) is 23.4 Å². The highest BCUT2D eigenvalue weighted by Crippen LogP contribution is 2.21. The van der Waals surface area contributed by atoms with Crippen LogP contribution >= 0.6 is 0 Å². The van der Waals surface area contributed by atoms with Crippen molar-refractivity contribution in [3.63, 3.8) is 0 Å². The zero-order chi connectivity index (χ0) is 10.1. The Bertz CT molecular complexity index is 475. The Kier molecular flexibility index (Phi) is 2.20. The van der Waals surface area contributed by atoms with Gasteiger partial charge in [-0.3, -0.25) is 0 Å². The normalized spacial score (nSPS) is 10.8. The molecule has 2 heteroatoms. The molecule has 0 saturated carbocycles. The van der Waals surface area contributed by atoms with Crippen molar-refractivity contribution in [1.82, 2.24) is 0 Å². The third kappa shape index (κ3) is 1.48. The lowest BCUT2D eigenvalue weighted by Crippen LogP contribution is -1.86. The number of rotatable bonds is 1. The molecule has 0 nitrogen and oxygen atoms in total. The number of hydrogen-bond acceptors (Lipinski definition) is 0. The lowest BCUT2D eigenvalue weighted by atomic mass is 10.1. The molecule has 0 spiro atoms. The van der Waals surface area contributed by atoms with E-state index in [4.69, 9.17) is 0 Å². The van der Waals surface area contributed by atoms with Crippen molar-refractivity contribution in [3.05, 3.63) is 47.5 Å². The van der Waals surface area contributed by atoms with Crippen molar-refractivity contribution in [1.29, 1.82) is 0 Å². The van der Waals surface area contributed by atoms with Gasteiger partial charge in [0.05, 0.1) is 0 Å². The molecule has 2 aromatic rings. The summed E-state index contributed by atoms with van der Waals surface area (Å²) in [5.74, 6) is -1.02. The summed E-state index contributed by atoms with van der Waals surface area (Å²) in [5, 5.41) is 1.10. The molecule has 2 rings (SSSR count). The Morgan fingerprint density at radius 3 is 2.57 bits per heavy atom. The number of aryl methyl sites for hydroxylation is 1. The monoisotopic (exact) mass is 192 g/mol. The van der Waals surface area contributed by atoms with Gasteiger partial charge in [-0.15, -0.1) is 0 Å². The van der Waals surface area contributed by atoms with E-state index in [1.54, 1.807) is 6.07 Å². The van der Waals surface area contributed by atoms with E-state index in [-0.39, 0.29) is 0 Å². The first-order valence-corrected chi connectivity index (χ1v) is 4.58. The summed E-state index contributed by atoms with van der Waals surface area (Å²) in [4.78, 5) is 0. The van der Waals surface area contributed by atoms with Crippen molar-refractivity contribution in [3.8, 4) is 0 Å². The first kappa shape index (κ1) is 9.13. The van der Waals surface area contributed by atoms with Crippen LogP contribution in [0.5, 0.6) is 0 Å². The van der Waals surface area contributed by atoms with Crippen LogP contribution in [-0.2, 0) is 6.42 Å². The number of fused-ring (bicyclic) bond motifs is 1. The molecule has 0 saturated heterocycles. The van der Waals surface area contributed by atoms with Gasteiger partial charge in [0.25, 0.3) is 0 Å². The fourth-order valence-electron chi connectivity index (χ4n) is 1.56. The second-order valence-electron chi connectivity index (χ2n) is 3.30. The largest absolute Gasteiger partial charge is 0.207 e. The number of hydrogen-bond donors (Lipinski definition) is 0. The highest BCUT2D eigenvalue weighted by molar-refractivity contribution is 5.83. The lowest BCUT2D eigenvalue weighted by molar-refractivity contribution is 0.592. The van der Waals surface area contributed by atoms with E-state index in [0.29, 0.717) is 10.8 Å². The summed E-state index contributed by atoms with van der Waals surface area (Å²) in [6.07, 6.45) is 0.869. The van der Waals surface area contributed by atoms with E-state index >= 15 is 0 Å². The zero-order valence-corrected chi connectivity index (χ0v) is 7.85. The second kappa shape index (κ2) is 3.37. The van der Waals surface area contributed by atoms with Gasteiger partial charge < -0.3 is 0 Å². The summed E-state index contributed by atoms with van der Waals surface area (Å²) >= 11 is 0. The molecular formula is C12H10F2. The van der Waals surface area contributed by atoms with Gasteiger partial charge in [-0.25, -0.2) is 8.78 Å². The van der Waals surface area contributed by atoms with Crippen LogP contribution in [0.4, 0.5) is 8.78 Å². The highest BCUT2D eigenvalue weighted by atomic mass is 19.1. The summed E-state index contributed by atoms with van der Waals surface area (Å²) < 4.78 is 26.1. The molecule has 0 heterocycles. The molecule has 0 radical (unpaired) electrons. The van der Waals surface area contributed by atoms with Crippen molar-refractivity contribution in [2.24, 2.45) is 0 Å². The van der Waals surface area contributed by atoms with Crippen molar-refractivity contribution < 1.29 is 8.78 Å². The Labute approximate surface area is 81.2 Å². The van der Waals surface area contributed by atoms with E-state index in [2.05, 4.69) is 0 Å². The molecule has 0 atom stereocenters. The van der Waals surface area contributed by atoms with Crippen LogP contribution in [0.1, 0.15) is 12.5 Å². The lowest BCUT2D eigenvalue weighted by Gasteiger charge is -2.02. The van der Waals surface area contributed by atoms with Gasteiger partial charge >= 0.3 is 0 Å². The highest BCUT2D eigenvalue weighted by Gasteiger charge is 2.03. The molecule has 0 aliphatic carbocycles. The Hall–Kier alpha value is -1.44. The quantitative estimate of drug-likeness (QED) is 0.646. The molecule has 0 aromatic heterocycles. The first-order chi connectivity index (χ1) is 6.70. The number of halogens is 2. The molecule has 0 aliphatic rings. The van der Waals surface area contributed by atoms with E-state index in [1.807, 2.05) is 19.1 Å². The molecule has 0 fully saturated rings. The first-order valence-electron chi connectivity index (χ1n) is 4.58. The fraction of sp³-hybridized carbons (Fsp3) is 0.167. The standard InChI is InChI=1S/C12H10F2/c1-2-8-3-4-11-9(5-8)6-10(13)7-12(11)14/h3-7H,2H2,1H3. The van der Waals surface area contributed by atoms with E-state index in [9.17, 15) is 8.78 Å². The molecular weight excluding hydrogens is 182 g/mol. The van der Waals surface area contributed by atoms with E-state index in [1.165, 1.54) is 6.07 Å². The number of benzene rings is 2. The SMILES string of the molecule is CCc1ccc2c(F)cc(F)cc2c1. The Balaban J connectivity index is 2.75. The molecule has 14 heavy (non-hydrogen) atoms. The van der Waals surface area contributed by atoms with Crippen molar-refractivity contribution in [2.75, 3.05) is 0 Å². The minimum atomic E-state index is -0.525. The van der Waals surface area contributed by atoms with Gasteiger partial charge in [0.2, 0.25) is 0 Å². The van der Waals surface area contributed by atoms with Crippen LogP contribution in [0.25, 0.3) is 10.8 Å². The average molecular weight is 192 g/mol. The molecule has 2 aromatic carbocycles. The van der Waals surface area contributed by atoms with Gasteiger partial charge in [0, 0.05) is 11.5 Å². The third-order valence-electron chi connectivity index (χ3n) is 2.34. The van der Waals surface area contributed by atoms with Crippen LogP contribution in [0.15, 0.2) is 30.3 Å². The van der Waals surface area contributed by atoms with Crippen LogP contribution in [-0.4, -0.2) is 0 Å². The maximum absolute atomic E-state index is 13.2. The van der Waals surface area contributed by atoms with Crippen LogP contribution in [0.2, 0.25) is 0 Å². The van der Waals surface area contributed by atoms with Crippen LogP contribution in [0.3, 0.4) is 0 Å². The van der Waals surface area contributed by atoms with Gasteiger partial charge in [0.15, 0.2) is 0 Å². The van der Waals surface area contributed by atoms with E-state index in [0.717, 1.165) is 18.1 Å². The molecule has 0 aliphatic heterocycles. The molecule has 0 unspecified atom stereocenters. The van der Waals surface area contributed by atoms with Crippen molar-refractivity contribution >= 4 is 10.8 Å². The van der Waals surface area contributed by atoms with Crippen LogP contribution < -0.4 is 0 Å². The van der Waals surface area contributed by atoms with Crippen molar-refractivity contribution in [2.45, 2.75) is 13.3 Å². The predicted molar refractivity (Wildman–Crippen MR) is 53.2 cm³/mol. The predicted octanol–water partition coefficient (Wildman–Crippen LogP) is 3.68. The fourth-order valence-corrected chi connectivity index (χ4v) is 1.56. The zero-order valence-electron chi connectivity index (χ0n) is 7.85. The van der Waals surface area contributed by atoms with Gasteiger partial charge in [-0.2, -0.15) is 0 Å². The maximum Gasteiger partial charge on any atom is 0.133 e. The van der Waals surface area contributed by atoms with Gasteiger partial charge in [-0.1, -0.05) is 25.1 Å². The van der Waals surface area contributed by atoms with Crippen LogP contribution in [0, 0.1) is 11.6 Å². The Morgan fingerprint density at radius 1 is 1.07 bits per heavy atom. The molecule has 72 valence electrons. The second-order valence-corrected chi connectivity index (χ2v) is 3.30. The topological polar surface area (TPSA) is 0 Å². The minimum absolute atomic E-state index is 0.476. The summed E-state index contributed by atoms with van der Waals surface area (Å²) in [7, 11) is 0. The molecule has 0 bridgehead atoms. The molecule has 0 N–H and O–H groups in total. The third-order valence-corrected chi connectivity index (χ3v) is 2.34. The molecule has 0 amide bonds. The summed E-state index contributed by atoms with van der Waals surface area (Å²) in [6.45, 7) is 2.01. The summed E-state index contributed by atoms with van der Waals surface area (Å²) in [6, 6.07) is 7.65.